The Morgan fingerprint density at radius 2 is 1.89 bits per heavy atom. The van der Waals surface area contributed by atoms with Gasteiger partial charge in [-0.3, -0.25) is 4.79 Å². The molecule has 0 radical (unpaired) electrons. The summed E-state index contributed by atoms with van der Waals surface area (Å²) in [5.74, 6) is -0.503. The monoisotopic (exact) mass is 257 g/mol. The molecule has 0 fully saturated rings. The summed E-state index contributed by atoms with van der Waals surface area (Å²) in [5.41, 5.74) is 1.08. The fraction of sp³-hybridized carbons (Fsp3) is 0.200. The van der Waals surface area contributed by atoms with Crippen molar-refractivity contribution in [2.45, 2.75) is 13.0 Å². The molecule has 1 aromatic heterocycles. The lowest BCUT2D eigenvalue weighted by Crippen LogP contribution is -2.24. The smallest absolute Gasteiger partial charge is 0.338 e. The number of nitrogens with zero attached hydrogens (tertiary/aromatic N) is 1. The Morgan fingerprint density at radius 1 is 1.21 bits per heavy atom. The van der Waals surface area contributed by atoms with Gasteiger partial charge in [-0.05, 0) is 18.6 Å². The second kappa shape index (κ2) is 5.52. The minimum absolute atomic E-state index is 0.0830. The summed E-state index contributed by atoms with van der Waals surface area (Å²) in [4.78, 5) is 23.4. The van der Waals surface area contributed by atoms with Gasteiger partial charge < -0.3 is 9.30 Å². The number of benzene rings is 1. The Hall–Kier alpha value is -2.36. The van der Waals surface area contributed by atoms with Gasteiger partial charge in [-0.25, -0.2) is 4.79 Å². The van der Waals surface area contributed by atoms with Gasteiger partial charge in [0.05, 0.1) is 18.7 Å². The maximum absolute atomic E-state index is 12.0. The first-order valence-electron chi connectivity index (χ1n) is 5.99. The molecule has 1 unspecified atom stereocenters. The van der Waals surface area contributed by atoms with Crippen molar-refractivity contribution >= 4 is 5.97 Å². The molecular formula is C15H15NO3. The van der Waals surface area contributed by atoms with Crippen LogP contribution in [0.5, 0.6) is 0 Å². The molecule has 0 aliphatic carbocycles. The number of hydrogen-bond donors (Lipinski definition) is 0. The molecule has 2 rings (SSSR count). The van der Waals surface area contributed by atoms with Crippen molar-refractivity contribution in [3.05, 3.63) is 70.1 Å². The fourth-order valence-electron chi connectivity index (χ4n) is 1.95. The van der Waals surface area contributed by atoms with Crippen molar-refractivity contribution in [3.8, 4) is 0 Å². The number of rotatable bonds is 3. The van der Waals surface area contributed by atoms with E-state index in [4.69, 9.17) is 0 Å². The van der Waals surface area contributed by atoms with E-state index < -0.39 is 5.97 Å². The highest BCUT2D eigenvalue weighted by molar-refractivity contribution is 5.88. The molecule has 0 saturated heterocycles. The Balaban J connectivity index is 2.37. The maximum Gasteiger partial charge on any atom is 0.338 e. The maximum atomic E-state index is 12.0. The molecule has 0 saturated carbocycles. The van der Waals surface area contributed by atoms with Crippen molar-refractivity contribution in [2.24, 2.45) is 0 Å². The van der Waals surface area contributed by atoms with E-state index in [1.807, 2.05) is 37.3 Å². The van der Waals surface area contributed by atoms with E-state index in [0.717, 1.165) is 5.56 Å². The quantitative estimate of drug-likeness (QED) is 0.792. The third-order valence-corrected chi connectivity index (χ3v) is 3.07. The lowest BCUT2D eigenvalue weighted by Gasteiger charge is -2.15. The molecule has 98 valence electrons. The van der Waals surface area contributed by atoms with E-state index in [9.17, 15) is 9.59 Å². The minimum Gasteiger partial charge on any atom is -0.465 e. The van der Waals surface area contributed by atoms with E-state index in [-0.39, 0.29) is 17.2 Å². The molecule has 0 spiro atoms. The van der Waals surface area contributed by atoms with Gasteiger partial charge in [0, 0.05) is 12.3 Å². The van der Waals surface area contributed by atoms with E-state index in [2.05, 4.69) is 4.74 Å². The fourth-order valence-corrected chi connectivity index (χ4v) is 1.95. The van der Waals surface area contributed by atoms with Crippen LogP contribution in [-0.2, 0) is 4.74 Å². The molecule has 0 aliphatic rings. The summed E-state index contributed by atoms with van der Waals surface area (Å²) in [7, 11) is 1.29. The molecule has 0 amide bonds. The number of pyridine rings is 1. The zero-order chi connectivity index (χ0) is 13.8. The lowest BCUT2D eigenvalue weighted by molar-refractivity contribution is 0.0600. The first-order valence-corrected chi connectivity index (χ1v) is 5.99. The summed E-state index contributed by atoms with van der Waals surface area (Å²) >= 11 is 0. The predicted molar refractivity (Wildman–Crippen MR) is 72.3 cm³/mol. The van der Waals surface area contributed by atoms with E-state index >= 15 is 0 Å². The van der Waals surface area contributed by atoms with Crippen LogP contribution in [0.2, 0.25) is 0 Å². The second-order valence-corrected chi connectivity index (χ2v) is 4.24. The predicted octanol–water partition coefficient (Wildman–Crippen LogP) is 2.24. The average Bonchev–Trinajstić information content (AvgIpc) is 2.46. The van der Waals surface area contributed by atoms with Crippen molar-refractivity contribution in [2.75, 3.05) is 7.11 Å². The third-order valence-electron chi connectivity index (χ3n) is 3.07. The number of aromatic nitrogens is 1. The zero-order valence-corrected chi connectivity index (χ0v) is 10.9. The van der Waals surface area contributed by atoms with Gasteiger partial charge in [0.25, 0.3) is 5.56 Å². The number of ether oxygens (including phenoxy) is 1. The van der Waals surface area contributed by atoms with Crippen LogP contribution in [0.3, 0.4) is 0 Å². The van der Waals surface area contributed by atoms with E-state index in [1.54, 1.807) is 16.8 Å². The summed E-state index contributed by atoms with van der Waals surface area (Å²) in [5, 5.41) is 0. The van der Waals surface area contributed by atoms with Crippen LogP contribution in [0, 0.1) is 0 Å². The summed E-state index contributed by atoms with van der Waals surface area (Å²) in [6.07, 6.45) is 1.62. The van der Waals surface area contributed by atoms with Gasteiger partial charge in [-0.1, -0.05) is 30.3 Å². The van der Waals surface area contributed by atoms with Crippen LogP contribution in [0.15, 0.2) is 53.5 Å². The molecule has 1 heterocycles. The Morgan fingerprint density at radius 3 is 2.47 bits per heavy atom. The summed E-state index contributed by atoms with van der Waals surface area (Å²) < 4.78 is 6.17. The van der Waals surface area contributed by atoms with Crippen LogP contribution in [-0.4, -0.2) is 17.6 Å². The van der Waals surface area contributed by atoms with Crippen LogP contribution >= 0.6 is 0 Å². The minimum atomic E-state index is -0.503. The normalized spacial score (nSPS) is 11.9. The molecule has 0 bridgehead atoms. The first kappa shape index (κ1) is 13.1. The number of esters is 1. The van der Waals surface area contributed by atoms with Gasteiger partial charge >= 0.3 is 5.97 Å². The van der Waals surface area contributed by atoms with Gasteiger partial charge in [-0.2, -0.15) is 0 Å². The molecule has 1 atom stereocenters. The van der Waals surface area contributed by atoms with Crippen LogP contribution < -0.4 is 5.56 Å². The van der Waals surface area contributed by atoms with Crippen molar-refractivity contribution in [1.29, 1.82) is 0 Å². The van der Waals surface area contributed by atoms with Crippen LogP contribution in [0.25, 0.3) is 0 Å². The summed E-state index contributed by atoms with van der Waals surface area (Å²) in [6.45, 7) is 1.94. The molecule has 4 nitrogen and oxygen atoms in total. The molecule has 0 N–H and O–H groups in total. The SMILES string of the molecule is COC(=O)c1ccn(C(C)c2ccccc2)c(=O)c1. The Kier molecular flexibility index (Phi) is 3.80. The largest absolute Gasteiger partial charge is 0.465 e. The second-order valence-electron chi connectivity index (χ2n) is 4.24. The van der Waals surface area contributed by atoms with Gasteiger partial charge in [-0.15, -0.1) is 0 Å². The number of methoxy groups -OCH3 is 1. The molecule has 0 aliphatic heterocycles. The highest BCUT2D eigenvalue weighted by atomic mass is 16.5. The summed E-state index contributed by atoms with van der Waals surface area (Å²) in [6, 6.07) is 12.5. The molecule has 4 heteroatoms. The highest BCUT2D eigenvalue weighted by Gasteiger charge is 2.11. The zero-order valence-electron chi connectivity index (χ0n) is 10.9. The lowest BCUT2D eigenvalue weighted by atomic mass is 10.1. The molecule has 1 aromatic carbocycles. The molecule has 19 heavy (non-hydrogen) atoms. The first-order chi connectivity index (χ1) is 9.13. The third kappa shape index (κ3) is 2.73. The van der Waals surface area contributed by atoms with Crippen LogP contribution in [0.1, 0.15) is 28.9 Å². The van der Waals surface area contributed by atoms with Crippen molar-refractivity contribution in [1.82, 2.24) is 4.57 Å². The Bertz CT molecular complexity index is 631. The average molecular weight is 257 g/mol. The van der Waals surface area contributed by atoms with Gasteiger partial charge in [0.2, 0.25) is 0 Å². The van der Waals surface area contributed by atoms with E-state index in [1.165, 1.54) is 13.2 Å². The number of carbonyl (C=O) groups excluding carboxylic acids is 1. The van der Waals surface area contributed by atoms with Gasteiger partial charge in [0.15, 0.2) is 0 Å². The van der Waals surface area contributed by atoms with Crippen molar-refractivity contribution < 1.29 is 9.53 Å². The number of carbonyl (C=O) groups is 1. The topological polar surface area (TPSA) is 48.3 Å². The Labute approximate surface area is 111 Å². The van der Waals surface area contributed by atoms with E-state index in [0.29, 0.717) is 0 Å². The van der Waals surface area contributed by atoms with Gasteiger partial charge in [0.1, 0.15) is 0 Å². The molecule has 2 aromatic rings. The number of hydrogen-bond acceptors (Lipinski definition) is 3. The van der Waals surface area contributed by atoms with Crippen molar-refractivity contribution in [3.63, 3.8) is 0 Å². The van der Waals surface area contributed by atoms with Crippen LogP contribution in [0.4, 0.5) is 0 Å². The standard InChI is InChI=1S/C15H15NO3/c1-11(12-6-4-3-5-7-12)16-9-8-13(10-14(16)17)15(18)19-2/h3-11H,1-2H3. The molecular weight excluding hydrogens is 242 g/mol. The highest BCUT2D eigenvalue weighted by Crippen LogP contribution is 2.15.